The van der Waals surface area contributed by atoms with Crippen LogP contribution in [0.1, 0.15) is 15.9 Å². The number of nitrogens with zero attached hydrogens (tertiary/aromatic N) is 2. The first kappa shape index (κ1) is 16.9. The van der Waals surface area contributed by atoms with Crippen molar-refractivity contribution in [3.8, 4) is 11.3 Å². The summed E-state index contributed by atoms with van der Waals surface area (Å²) in [5.74, 6) is -2.27. The zero-order valence-electron chi connectivity index (χ0n) is 14.4. The summed E-state index contributed by atoms with van der Waals surface area (Å²) in [4.78, 5) is 17.0. The highest BCUT2D eigenvalue weighted by atomic mass is 19.1. The molecule has 0 unspecified atom stereocenters. The molecule has 0 aliphatic rings. The number of hydrogen-bond donors (Lipinski definition) is 1. The number of pyridine rings is 1. The SMILES string of the molecule is Cc1ccc(-c2cn3ccccc3n2)cc1NC(=O)c1ccc(F)cc1F. The monoisotopic (exact) mass is 363 g/mol. The highest BCUT2D eigenvalue weighted by molar-refractivity contribution is 6.05. The van der Waals surface area contributed by atoms with Crippen LogP contribution in [0.15, 0.2) is 67.0 Å². The highest BCUT2D eigenvalue weighted by Gasteiger charge is 2.14. The Kier molecular flexibility index (Phi) is 4.16. The number of carbonyl (C=O) groups excluding carboxylic acids is 1. The van der Waals surface area contributed by atoms with Crippen LogP contribution < -0.4 is 5.32 Å². The van der Waals surface area contributed by atoms with Gasteiger partial charge in [-0.05, 0) is 42.8 Å². The van der Waals surface area contributed by atoms with Gasteiger partial charge in [-0.2, -0.15) is 0 Å². The van der Waals surface area contributed by atoms with E-state index < -0.39 is 17.5 Å². The third-order valence-electron chi connectivity index (χ3n) is 4.32. The number of amides is 1. The number of imidazole rings is 1. The Morgan fingerprint density at radius 1 is 1.07 bits per heavy atom. The maximum atomic E-state index is 13.9. The van der Waals surface area contributed by atoms with E-state index in [1.165, 1.54) is 0 Å². The average Bonchev–Trinajstić information content (AvgIpc) is 3.07. The normalized spacial score (nSPS) is 10.9. The van der Waals surface area contributed by atoms with Crippen LogP contribution in [0.25, 0.3) is 16.9 Å². The molecule has 4 rings (SSSR count). The molecular formula is C21H15F2N3O. The van der Waals surface area contributed by atoms with E-state index in [4.69, 9.17) is 0 Å². The third kappa shape index (κ3) is 3.29. The van der Waals surface area contributed by atoms with Gasteiger partial charge in [0.2, 0.25) is 0 Å². The molecule has 2 aromatic carbocycles. The lowest BCUT2D eigenvalue weighted by Gasteiger charge is -2.10. The van der Waals surface area contributed by atoms with E-state index in [2.05, 4.69) is 10.3 Å². The summed E-state index contributed by atoms with van der Waals surface area (Å²) >= 11 is 0. The van der Waals surface area contributed by atoms with Gasteiger partial charge in [-0.25, -0.2) is 13.8 Å². The Bertz CT molecular complexity index is 1130. The number of anilines is 1. The van der Waals surface area contributed by atoms with Gasteiger partial charge >= 0.3 is 0 Å². The van der Waals surface area contributed by atoms with E-state index in [1.807, 2.05) is 54.0 Å². The summed E-state index contributed by atoms with van der Waals surface area (Å²) in [5.41, 5.74) is 3.53. The second-order valence-corrected chi connectivity index (χ2v) is 6.20. The Labute approximate surface area is 154 Å². The van der Waals surface area contributed by atoms with E-state index in [0.29, 0.717) is 11.8 Å². The van der Waals surface area contributed by atoms with Crippen molar-refractivity contribution in [2.24, 2.45) is 0 Å². The summed E-state index contributed by atoms with van der Waals surface area (Å²) in [5, 5.41) is 2.69. The molecule has 0 aliphatic heterocycles. The molecule has 0 spiro atoms. The molecule has 4 aromatic rings. The number of hydrogen-bond acceptors (Lipinski definition) is 2. The summed E-state index contributed by atoms with van der Waals surface area (Å²) < 4.78 is 28.8. The largest absolute Gasteiger partial charge is 0.322 e. The van der Waals surface area contributed by atoms with Crippen molar-refractivity contribution in [1.82, 2.24) is 9.38 Å². The number of aromatic nitrogens is 2. The number of fused-ring (bicyclic) bond motifs is 1. The Morgan fingerprint density at radius 2 is 1.93 bits per heavy atom. The molecule has 2 aromatic heterocycles. The standard InChI is InChI=1S/C21H15F2N3O/c1-13-5-6-14(19-12-26-9-3-2-4-20(26)24-19)10-18(13)25-21(27)16-8-7-15(22)11-17(16)23/h2-12H,1H3,(H,25,27). The predicted octanol–water partition coefficient (Wildman–Crippen LogP) is 4.84. The quantitative estimate of drug-likeness (QED) is 0.566. The third-order valence-corrected chi connectivity index (χ3v) is 4.32. The van der Waals surface area contributed by atoms with Crippen molar-refractivity contribution < 1.29 is 13.6 Å². The van der Waals surface area contributed by atoms with Crippen LogP contribution in [-0.2, 0) is 0 Å². The van der Waals surface area contributed by atoms with Crippen LogP contribution in [0.4, 0.5) is 14.5 Å². The lowest BCUT2D eigenvalue weighted by Crippen LogP contribution is -2.14. The van der Waals surface area contributed by atoms with Crippen molar-refractivity contribution >= 4 is 17.2 Å². The van der Waals surface area contributed by atoms with Gasteiger partial charge < -0.3 is 9.72 Å². The molecule has 2 heterocycles. The van der Waals surface area contributed by atoms with Crippen molar-refractivity contribution in [2.75, 3.05) is 5.32 Å². The van der Waals surface area contributed by atoms with Gasteiger partial charge in [0.25, 0.3) is 5.91 Å². The fourth-order valence-electron chi connectivity index (χ4n) is 2.85. The molecule has 1 amide bonds. The first-order chi connectivity index (χ1) is 13.0. The van der Waals surface area contributed by atoms with Crippen LogP contribution in [0.3, 0.4) is 0 Å². The summed E-state index contributed by atoms with van der Waals surface area (Å²) in [6.45, 7) is 1.84. The minimum Gasteiger partial charge on any atom is -0.322 e. The first-order valence-electron chi connectivity index (χ1n) is 8.32. The van der Waals surface area contributed by atoms with Crippen molar-refractivity contribution in [3.05, 3.63) is 89.8 Å². The van der Waals surface area contributed by atoms with Gasteiger partial charge in [-0.15, -0.1) is 0 Å². The minimum atomic E-state index is -0.901. The topological polar surface area (TPSA) is 46.4 Å². The maximum Gasteiger partial charge on any atom is 0.258 e. The molecule has 1 N–H and O–H groups in total. The summed E-state index contributed by atoms with van der Waals surface area (Å²) in [7, 11) is 0. The number of nitrogens with one attached hydrogen (secondary N) is 1. The van der Waals surface area contributed by atoms with Gasteiger partial charge in [0.1, 0.15) is 17.3 Å². The molecule has 27 heavy (non-hydrogen) atoms. The lowest BCUT2D eigenvalue weighted by molar-refractivity contribution is 0.102. The van der Waals surface area contributed by atoms with Crippen LogP contribution in [0.5, 0.6) is 0 Å². The van der Waals surface area contributed by atoms with Crippen LogP contribution in [0, 0.1) is 18.6 Å². The molecule has 6 heteroatoms. The number of halogens is 2. The molecule has 0 saturated heterocycles. The lowest BCUT2D eigenvalue weighted by atomic mass is 10.1. The molecule has 0 atom stereocenters. The molecule has 134 valence electrons. The predicted molar refractivity (Wildman–Crippen MR) is 99.7 cm³/mol. The second kappa shape index (κ2) is 6.64. The molecular weight excluding hydrogens is 348 g/mol. The van der Waals surface area contributed by atoms with E-state index >= 15 is 0 Å². The molecule has 0 saturated carbocycles. The van der Waals surface area contributed by atoms with Crippen LogP contribution in [0.2, 0.25) is 0 Å². The first-order valence-corrected chi connectivity index (χ1v) is 8.32. The smallest absolute Gasteiger partial charge is 0.258 e. The number of carbonyl (C=O) groups is 1. The fraction of sp³-hybridized carbons (Fsp3) is 0.0476. The molecule has 0 radical (unpaired) electrons. The van der Waals surface area contributed by atoms with Crippen LogP contribution in [-0.4, -0.2) is 15.3 Å². The number of aryl methyl sites for hydroxylation is 1. The van der Waals surface area contributed by atoms with E-state index in [-0.39, 0.29) is 5.56 Å². The average molecular weight is 363 g/mol. The number of rotatable bonds is 3. The van der Waals surface area contributed by atoms with Crippen molar-refractivity contribution in [3.63, 3.8) is 0 Å². The van der Waals surface area contributed by atoms with Gasteiger partial charge in [-0.3, -0.25) is 4.79 Å². The number of benzene rings is 2. The zero-order valence-corrected chi connectivity index (χ0v) is 14.4. The highest BCUT2D eigenvalue weighted by Crippen LogP contribution is 2.26. The van der Waals surface area contributed by atoms with Crippen molar-refractivity contribution in [2.45, 2.75) is 6.92 Å². The minimum absolute atomic E-state index is 0.214. The van der Waals surface area contributed by atoms with E-state index in [9.17, 15) is 13.6 Å². The van der Waals surface area contributed by atoms with Gasteiger partial charge in [-0.1, -0.05) is 18.2 Å². The van der Waals surface area contributed by atoms with Gasteiger partial charge in [0.15, 0.2) is 0 Å². The summed E-state index contributed by atoms with van der Waals surface area (Å²) in [6, 6.07) is 14.1. The van der Waals surface area contributed by atoms with Gasteiger partial charge in [0, 0.05) is 29.7 Å². The molecule has 0 aliphatic carbocycles. The Hall–Kier alpha value is -3.54. The Morgan fingerprint density at radius 3 is 2.70 bits per heavy atom. The van der Waals surface area contributed by atoms with Gasteiger partial charge in [0.05, 0.1) is 11.3 Å². The van der Waals surface area contributed by atoms with E-state index in [1.54, 1.807) is 6.07 Å². The fourth-order valence-corrected chi connectivity index (χ4v) is 2.85. The van der Waals surface area contributed by atoms with Crippen LogP contribution >= 0.6 is 0 Å². The molecule has 0 fully saturated rings. The Balaban J connectivity index is 1.67. The molecule has 4 nitrogen and oxygen atoms in total. The van der Waals surface area contributed by atoms with Crippen molar-refractivity contribution in [1.29, 1.82) is 0 Å². The molecule has 0 bridgehead atoms. The second-order valence-electron chi connectivity index (χ2n) is 6.20. The zero-order chi connectivity index (χ0) is 19.0. The summed E-state index contributed by atoms with van der Waals surface area (Å²) in [6.07, 6.45) is 3.80. The maximum absolute atomic E-state index is 13.9. The van der Waals surface area contributed by atoms with E-state index in [0.717, 1.165) is 34.6 Å².